The average Bonchev–Trinajstić information content (AvgIpc) is 3.16. The van der Waals surface area contributed by atoms with E-state index in [9.17, 15) is 4.79 Å². The molecule has 0 aliphatic carbocycles. The number of nitrogens with zero attached hydrogens (tertiary/aromatic N) is 1. The molecule has 1 heterocycles. The number of hydrogen-bond acceptors (Lipinski definition) is 5. The number of rotatable bonds is 5. The van der Waals surface area contributed by atoms with Gasteiger partial charge in [-0.3, -0.25) is 0 Å². The van der Waals surface area contributed by atoms with Crippen molar-refractivity contribution in [3.63, 3.8) is 0 Å². The minimum absolute atomic E-state index is 0.293. The van der Waals surface area contributed by atoms with Crippen LogP contribution in [0.3, 0.4) is 0 Å². The predicted octanol–water partition coefficient (Wildman–Crippen LogP) is 4.82. The van der Waals surface area contributed by atoms with E-state index in [0.717, 1.165) is 11.1 Å². The molecule has 0 spiro atoms. The molecule has 132 valence electrons. The Hall–Kier alpha value is -3.05. The van der Waals surface area contributed by atoms with Crippen LogP contribution in [0.25, 0.3) is 28.2 Å². The maximum atomic E-state index is 12.1. The molecule has 0 amide bonds. The number of carbonyl (C=O) groups excluding carboxylic acids is 1. The number of esters is 1. The molecular weight excluding hydrogens is 354 g/mol. The first kappa shape index (κ1) is 17.8. The summed E-state index contributed by atoms with van der Waals surface area (Å²) in [5.41, 5.74) is 3.10. The van der Waals surface area contributed by atoms with Crippen molar-refractivity contribution in [2.75, 3.05) is 14.2 Å². The highest BCUT2D eigenvalue weighted by Crippen LogP contribution is 2.32. The van der Waals surface area contributed by atoms with Crippen LogP contribution in [-0.2, 0) is 14.3 Å². The summed E-state index contributed by atoms with van der Waals surface area (Å²) in [6, 6.07) is 16.4. The number of ether oxygens (including phenoxy) is 2. The molecule has 1 aromatic heterocycles. The molecule has 0 atom stereocenters. The summed E-state index contributed by atoms with van der Waals surface area (Å²) in [7, 11) is 2.80. The first-order valence-electron chi connectivity index (χ1n) is 7.77. The molecule has 6 heteroatoms. The van der Waals surface area contributed by atoms with E-state index in [4.69, 9.17) is 25.6 Å². The lowest BCUT2D eigenvalue weighted by molar-refractivity contribution is -0.133. The first-order chi connectivity index (χ1) is 12.6. The van der Waals surface area contributed by atoms with Crippen molar-refractivity contribution in [3.8, 4) is 22.6 Å². The van der Waals surface area contributed by atoms with E-state index in [1.54, 1.807) is 18.2 Å². The zero-order valence-electron chi connectivity index (χ0n) is 14.2. The summed E-state index contributed by atoms with van der Waals surface area (Å²) in [6.07, 6.45) is 1.35. The van der Waals surface area contributed by atoms with Crippen LogP contribution < -0.4 is 0 Å². The maximum absolute atomic E-state index is 12.1. The minimum Gasteiger partial charge on any atom is -0.503 e. The van der Waals surface area contributed by atoms with Crippen molar-refractivity contribution in [2.45, 2.75) is 0 Å². The van der Waals surface area contributed by atoms with Crippen molar-refractivity contribution in [1.29, 1.82) is 0 Å². The SMILES string of the molecule is CO/C=C(/C(=O)OC)c1ccccc1-c1cc(-c2ccc(Cl)cc2)on1. The second-order valence-corrected chi connectivity index (χ2v) is 5.82. The number of hydrogen-bond donors (Lipinski definition) is 0. The van der Waals surface area contributed by atoms with Gasteiger partial charge in [0.25, 0.3) is 0 Å². The molecule has 0 fully saturated rings. The largest absolute Gasteiger partial charge is 0.503 e. The van der Waals surface area contributed by atoms with E-state index in [2.05, 4.69) is 5.16 Å². The molecule has 3 rings (SSSR count). The van der Waals surface area contributed by atoms with Gasteiger partial charge >= 0.3 is 5.97 Å². The van der Waals surface area contributed by atoms with Crippen LogP contribution in [0.4, 0.5) is 0 Å². The molecule has 2 aromatic carbocycles. The second kappa shape index (κ2) is 7.89. The van der Waals surface area contributed by atoms with Crippen LogP contribution in [0.15, 0.2) is 65.4 Å². The van der Waals surface area contributed by atoms with Gasteiger partial charge in [0.1, 0.15) is 11.3 Å². The van der Waals surface area contributed by atoms with E-state index >= 15 is 0 Å². The van der Waals surface area contributed by atoms with Gasteiger partial charge in [0.2, 0.25) is 0 Å². The molecule has 0 N–H and O–H groups in total. The average molecular weight is 370 g/mol. The van der Waals surface area contributed by atoms with E-state index < -0.39 is 5.97 Å². The quantitative estimate of drug-likeness (QED) is 0.366. The molecule has 0 aliphatic heterocycles. The summed E-state index contributed by atoms with van der Waals surface area (Å²) in [5, 5.41) is 4.79. The smallest absolute Gasteiger partial charge is 0.341 e. The molecule has 0 aliphatic rings. The Labute approximate surface area is 155 Å². The summed E-state index contributed by atoms with van der Waals surface area (Å²) in [5.74, 6) is 0.0996. The molecular formula is C20H16ClNO4. The lowest BCUT2D eigenvalue weighted by Gasteiger charge is -2.09. The van der Waals surface area contributed by atoms with Crippen LogP contribution in [0.2, 0.25) is 5.02 Å². The Morgan fingerprint density at radius 2 is 1.85 bits per heavy atom. The number of aromatic nitrogens is 1. The molecule has 26 heavy (non-hydrogen) atoms. The van der Waals surface area contributed by atoms with Gasteiger partial charge < -0.3 is 14.0 Å². The molecule has 0 radical (unpaired) electrons. The highest BCUT2D eigenvalue weighted by molar-refractivity contribution is 6.30. The third-order valence-corrected chi connectivity index (χ3v) is 4.03. The normalized spacial score (nSPS) is 11.3. The third kappa shape index (κ3) is 3.63. The lowest BCUT2D eigenvalue weighted by atomic mass is 9.98. The van der Waals surface area contributed by atoms with Crippen LogP contribution >= 0.6 is 11.6 Å². The fourth-order valence-corrected chi connectivity index (χ4v) is 2.67. The summed E-state index contributed by atoms with van der Waals surface area (Å²) in [4.78, 5) is 12.1. The van der Waals surface area contributed by atoms with Gasteiger partial charge in [-0.15, -0.1) is 0 Å². The van der Waals surface area contributed by atoms with Gasteiger partial charge in [-0.25, -0.2) is 4.79 Å². The van der Waals surface area contributed by atoms with Crippen LogP contribution in [-0.4, -0.2) is 25.3 Å². The van der Waals surface area contributed by atoms with E-state index in [1.165, 1.54) is 20.5 Å². The van der Waals surface area contributed by atoms with Crippen molar-refractivity contribution >= 4 is 23.1 Å². The highest BCUT2D eigenvalue weighted by Gasteiger charge is 2.19. The Kier molecular flexibility index (Phi) is 5.39. The molecule has 0 bridgehead atoms. The zero-order valence-corrected chi connectivity index (χ0v) is 15.0. The Morgan fingerprint density at radius 3 is 2.54 bits per heavy atom. The Balaban J connectivity index is 2.05. The van der Waals surface area contributed by atoms with Crippen LogP contribution in [0.1, 0.15) is 5.56 Å². The number of halogens is 1. The van der Waals surface area contributed by atoms with Crippen LogP contribution in [0, 0.1) is 0 Å². The van der Waals surface area contributed by atoms with E-state index in [1.807, 2.05) is 36.4 Å². The summed E-state index contributed by atoms with van der Waals surface area (Å²) in [6.45, 7) is 0. The maximum Gasteiger partial charge on any atom is 0.341 e. The van der Waals surface area contributed by atoms with Crippen molar-refractivity contribution in [1.82, 2.24) is 5.16 Å². The van der Waals surface area contributed by atoms with Gasteiger partial charge in [-0.2, -0.15) is 0 Å². The predicted molar refractivity (Wildman–Crippen MR) is 99.4 cm³/mol. The highest BCUT2D eigenvalue weighted by atomic mass is 35.5. The molecule has 0 saturated heterocycles. The minimum atomic E-state index is -0.499. The Bertz CT molecular complexity index is 944. The van der Waals surface area contributed by atoms with Crippen molar-refractivity contribution in [2.24, 2.45) is 0 Å². The number of benzene rings is 2. The van der Waals surface area contributed by atoms with Crippen molar-refractivity contribution in [3.05, 3.63) is 71.4 Å². The van der Waals surface area contributed by atoms with Gasteiger partial charge in [-0.1, -0.05) is 41.0 Å². The number of carbonyl (C=O) groups is 1. The Morgan fingerprint density at radius 1 is 1.12 bits per heavy atom. The van der Waals surface area contributed by atoms with Gasteiger partial charge in [0, 0.05) is 27.8 Å². The van der Waals surface area contributed by atoms with E-state index in [-0.39, 0.29) is 0 Å². The third-order valence-electron chi connectivity index (χ3n) is 3.77. The lowest BCUT2D eigenvalue weighted by Crippen LogP contribution is -2.05. The van der Waals surface area contributed by atoms with E-state index in [0.29, 0.717) is 27.6 Å². The summed E-state index contributed by atoms with van der Waals surface area (Å²) < 4.78 is 15.4. The number of methoxy groups -OCH3 is 2. The van der Waals surface area contributed by atoms with Gasteiger partial charge in [0.15, 0.2) is 5.76 Å². The topological polar surface area (TPSA) is 61.6 Å². The summed E-state index contributed by atoms with van der Waals surface area (Å²) >= 11 is 5.92. The monoisotopic (exact) mass is 369 g/mol. The fraction of sp³-hybridized carbons (Fsp3) is 0.100. The molecule has 3 aromatic rings. The van der Waals surface area contributed by atoms with Crippen molar-refractivity contribution < 1.29 is 18.8 Å². The van der Waals surface area contributed by atoms with Gasteiger partial charge in [0.05, 0.1) is 20.5 Å². The first-order valence-corrected chi connectivity index (χ1v) is 8.15. The second-order valence-electron chi connectivity index (χ2n) is 5.39. The molecule has 0 unspecified atom stereocenters. The standard InChI is InChI=1S/C20H16ClNO4/c1-24-12-17(20(23)25-2)15-5-3-4-6-16(15)18-11-19(26-22-18)13-7-9-14(21)10-8-13/h3-12H,1-2H3/b17-12+. The van der Waals surface area contributed by atoms with Crippen LogP contribution in [0.5, 0.6) is 0 Å². The fourth-order valence-electron chi connectivity index (χ4n) is 2.54. The molecule has 0 saturated carbocycles. The molecule has 5 nitrogen and oxygen atoms in total. The zero-order chi connectivity index (χ0) is 18.5. The van der Waals surface area contributed by atoms with Gasteiger partial charge in [-0.05, 0) is 24.3 Å².